The van der Waals surface area contributed by atoms with Gasteiger partial charge < -0.3 is 10.5 Å². The first-order valence-electron chi connectivity index (χ1n) is 6.61. The van der Waals surface area contributed by atoms with Crippen molar-refractivity contribution in [3.8, 4) is 5.75 Å². The maximum absolute atomic E-state index is 12.0. The zero-order valence-electron chi connectivity index (χ0n) is 11.1. The molecule has 0 aromatic heterocycles. The maximum atomic E-state index is 12.0. The van der Waals surface area contributed by atoms with E-state index >= 15 is 0 Å². The summed E-state index contributed by atoms with van der Waals surface area (Å²) in [6.45, 7) is 4.06. The lowest BCUT2D eigenvalue weighted by Gasteiger charge is -2.14. The van der Waals surface area contributed by atoms with Crippen molar-refractivity contribution in [2.75, 3.05) is 0 Å². The van der Waals surface area contributed by atoms with Gasteiger partial charge in [-0.3, -0.25) is 4.79 Å². The lowest BCUT2D eigenvalue weighted by molar-refractivity contribution is 0.0967. The Labute approximate surface area is 108 Å². The second kappa shape index (κ2) is 5.53. The summed E-state index contributed by atoms with van der Waals surface area (Å²) in [5.41, 5.74) is 6.63. The summed E-state index contributed by atoms with van der Waals surface area (Å²) in [4.78, 5) is 12.0. The van der Waals surface area contributed by atoms with Crippen molar-refractivity contribution in [3.63, 3.8) is 0 Å². The van der Waals surface area contributed by atoms with Crippen LogP contribution in [0, 0.1) is 5.92 Å². The second-order valence-electron chi connectivity index (χ2n) is 5.38. The predicted molar refractivity (Wildman–Crippen MR) is 71.9 cm³/mol. The van der Waals surface area contributed by atoms with E-state index in [2.05, 4.69) is 0 Å². The minimum absolute atomic E-state index is 0.0695. The van der Waals surface area contributed by atoms with Crippen molar-refractivity contribution in [1.82, 2.24) is 0 Å². The van der Waals surface area contributed by atoms with Crippen LogP contribution in [0.3, 0.4) is 0 Å². The smallest absolute Gasteiger partial charge is 0.164 e. The van der Waals surface area contributed by atoms with Gasteiger partial charge in [-0.25, -0.2) is 0 Å². The molecular weight excluding hydrogens is 226 g/mol. The number of Topliss-reactive ketones (excluding diaryl/α,β-unsaturated/α-hetero) is 1. The number of ether oxygens (including phenoxy) is 1. The largest absolute Gasteiger partial charge is 0.490 e. The standard InChI is InChI=1S/C15H21NO2/c1-10(2)14(16)9-15(17)11-3-5-12(6-4-11)18-13-7-8-13/h3-6,10,13-14H,7-9,16H2,1-2H3. The topological polar surface area (TPSA) is 52.3 Å². The summed E-state index contributed by atoms with van der Waals surface area (Å²) in [7, 11) is 0. The fraction of sp³-hybridized carbons (Fsp3) is 0.533. The molecule has 1 aromatic rings. The average Bonchev–Trinajstić information content (AvgIpc) is 3.13. The van der Waals surface area contributed by atoms with Crippen LogP contribution in [0.5, 0.6) is 5.75 Å². The quantitative estimate of drug-likeness (QED) is 0.786. The van der Waals surface area contributed by atoms with Crippen LogP contribution >= 0.6 is 0 Å². The molecule has 0 saturated heterocycles. The Bertz CT molecular complexity index is 407. The van der Waals surface area contributed by atoms with Gasteiger partial charge in [0.15, 0.2) is 5.78 Å². The van der Waals surface area contributed by atoms with Crippen molar-refractivity contribution in [3.05, 3.63) is 29.8 Å². The highest BCUT2D eigenvalue weighted by atomic mass is 16.5. The Balaban J connectivity index is 1.93. The molecule has 18 heavy (non-hydrogen) atoms. The highest BCUT2D eigenvalue weighted by molar-refractivity contribution is 5.96. The van der Waals surface area contributed by atoms with E-state index in [0.717, 1.165) is 18.6 Å². The number of nitrogens with two attached hydrogens (primary N) is 1. The Hall–Kier alpha value is -1.35. The van der Waals surface area contributed by atoms with Crippen molar-refractivity contribution >= 4 is 5.78 Å². The minimum atomic E-state index is -0.0695. The first-order chi connectivity index (χ1) is 8.56. The van der Waals surface area contributed by atoms with Gasteiger partial charge in [-0.2, -0.15) is 0 Å². The summed E-state index contributed by atoms with van der Waals surface area (Å²) < 4.78 is 5.64. The van der Waals surface area contributed by atoms with Gasteiger partial charge in [0.1, 0.15) is 5.75 Å². The average molecular weight is 247 g/mol. The number of hydrogen-bond acceptors (Lipinski definition) is 3. The number of carbonyl (C=O) groups is 1. The molecular formula is C15H21NO2. The third-order valence-corrected chi connectivity index (χ3v) is 3.28. The Morgan fingerprint density at radius 3 is 2.44 bits per heavy atom. The zero-order chi connectivity index (χ0) is 13.1. The molecule has 0 aliphatic heterocycles. The van der Waals surface area contributed by atoms with Gasteiger partial charge in [-0.05, 0) is 43.0 Å². The van der Waals surface area contributed by atoms with Gasteiger partial charge in [0.2, 0.25) is 0 Å². The Morgan fingerprint density at radius 1 is 1.33 bits per heavy atom. The van der Waals surface area contributed by atoms with Crippen LogP contribution < -0.4 is 10.5 Å². The molecule has 1 fully saturated rings. The fourth-order valence-electron chi connectivity index (χ4n) is 1.67. The van der Waals surface area contributed by atoms with Crippen LogP contribution in [-0.2, 0) is 0 Å². The maximum Gasteiger partial charge on any atom is 0.164 e. The number of carbonyl (C=O) groups excluding carboxylic acids is 1. The zero-order valence-corrected chi connectivity index (χ0v) is 11.1. The first-order valence-corrected chi connectivity index (χ1v) is 6.61. The van der Waals surface area contributed by atoms with Gasteiger partial charge in [0.05, 0.1) is 6.10 Å². The summed E-state index contributed by atoms with van der Waals surface area (Å²) in [5.74, 6) is 1.28. The number of hydrogen-bond donors (Lipinski definition) is 1. The molecule has 3 heteroatoms. The van der Waals surface area contributed by atoms with Crippen molar-refractivity contribution in [1.29, 1.82) is 0 Å². The van der Waals surface area contributed by atoms with E-state index < -0.39 is 0 Å². The number of benzene rings is 1. The van der Waals surface area contributed by atoms with Crippen LogP contribution in [0.25, 0.3) is 0 Å². The summed E-state index contributed by atoms with van der Waals surface area (Å²) >= 11 is 0. The van der Waals surface area contributed by atoms with Gasteiger partial charge in [-0.15, -0.1) is 0 Å². The highest BCUT2D eigenvalue weighted by Crippen LogP contribution is 2.26. The summed E-state index contributed by atoms with van der Waals surface area (Å²) in [5, 5.41) is 0. The first kappa shape index (κ1) is 13.1. The number of rotatable bonds is 6. The predicted octanol–water partition coefficient (Wildman–Crippen LogP) is 2.78. The van der Waals surface area contributed by atoms with Crippen LogP contribution in [-0.4, -0.2) is 17.9 Å². The molecule has 0 spiro atoms. The molecule has 2 rings (SSSR count). The van der Waals surface area contributed by atoms with Crippen LogP contribution in [0.2, 0.25) is 0 Å². The van der Waals surface area contributed by atoms with Crippen LogP contribution in [0.4, 0.5) is 0 Å². The molecule has 1 aliphatic carbocycles. The SMILES string of the molecule is CC(C)C(N)CC(=O)c1ccc(OC2CC2)cc1. The third-order valence-electron chi connectivity index (χ3n) is 3.28. The van der Waals surface area contributed by atoms with Crippen LogP contribution in [0.1, 0.15) is 43.5 Å². The molecule has 1 unspecified atom stereocenters. The molecule has 98 valence electrons. The molecule has 2 N–H and O–H groups in total. The van der Waals surface area contributed by atoms with E-state index in [1.165, 1.54) is 0 Å². The minimum Gasteiger partial charge on any atom is -0.490 e. The summed E-state index contributed by atoms with van der Waals surface area (Å²) in [6.07, 6.45) is 3.08. The third kappa shape index (κ3) is 3.57. The second-order valence-corrected chi connectivity index (χ2v) is 5.38. The van der Waals surface area contributed by atoms with E-state index in [0.29, 0.717) is 24.0 Å². The molecule has 0 amide bonds. The van der Waals surface area contributed by atoms with Crippen molar-refractivity contribution in [2.24, 2.45) is 11.7 Å². The van der Waals surface area contributed by atoms with Crippen LogP contribution in [0.15, 0.2) is 24.3 Å². The van der Waals surface area contributed by atoms with Gasteiger partial charge in [0, 0.05) is 18.0 Å². The molecule has 1 atom stereocenters. The van der Waals surface area contributed by atoms with Gasteiger partial charge >= 0.3 is 0 Å². The van der Waals surface area contributed by atoms with Gasteiger partial charge in [-0.1, -0.05) is 13.8 Å². The van der Waals surface area contributed by atoms with E-state index in [1.54, 1.807) is 0 Å². The monoisotopic (exact) mass is 247 g/mol. The lowest BCUT2D eigenvalue weighted by Crippen LogP contribution is -2.29. The number of ketones is 1. The molecule has 0 radical (unpaired) electrons. The summed E-state index contributed by atoms with van der Waals surface area (Å²) in [6, 6.07) is 7.32. The van der Waals surface area contributed by atoms with Gasteiger partial charge in [0.25, 0.3) is 0 Å². The molecule has 1 aromatic carbocycles. The molecule has 1 saturated carbocycles. The van der Waals surface area contributed by atoms with E-state index in [4.69, 9.17) is 10.5 Å². The Morgan fingerprint density at radius 2 is 1.94 bits per heavy atom. The van der Waals surface area contributed by atoms with E-state index in [-0.39, 0.29) is 11.8 Å². The normalized spacial score (nSPS) is 16.7. The van der Waals surface area contributed by atoms with Crippen molar-refractivity contribution < 1.29 is 9.53 Å². The Kier molecular flexibility index (Phi) is 4.02. The van der Waals surface area contributed by atoms with E-state index in [9.17, 15) is 4.79 Å². The highest BCUT2D eigenvalue weighted by Gasteiger charge is 2.23. The lowest BCUT2D eigenvalue weighted by atomic mass is 9.96. The van der Waals surface area contributed by atoms with E-state index in [1.807, 2.05) is 38.1 Å². The fourth-order valence-corrected chi connectivity index (χ4v) is 1.67. The molecule has 0 heterocycles. The molecule has 1 aliphatic rings. The molecule has 0 bridgehead atoms. The molecule has 3 nitrogen and oxygen atoms in total. The van der Waals surface area contributed by atoms with Crippen molar-refractivity contribution in [2.45, 2.75) is 45.3 Å².